The fourth-order valence-corrected chi connectivity index (χ4v) is 2.89. The molecule has 0 bridgehead atoms. The molecule has 3 aromatic rings. The first kappa shape index (κ1) is 16.3. The van der Waals surface area contributed by atoms with Crippen molar-refractivity contribution in [3.05, 3.63) is 78.1 Å². The van der Waals surface area contributed by atoms with Crippen LogP contribution in [0.15, 0.2) is 71.9 Å². The summed E-state index contributed by atoms with van der Waals surface area (Å²) in [6, 6.07) is 17.3. The van der Waals surface area contributed by atoms with Gasteiger partial charge in [0.2, 0.25) is 0 Å². The molecule has 6 heteroatoms. The summed E-state index contributed by atoms with van der Waals surface area (Å²) in [7, 11) is 0. The zero-order chi connectivity index (χ0) is 16.8. The topological polar surface area (TPSA) is 59.8 Å². The Kier molecular flexibility index (Phi) is 5.28. The van der Waals surface area contributed by atoms with Crippen LogP contribution < -0.4 is 5.32 Å². The Morgan fingerprint density at radius 3 is 2.58 bits per heavy atom. The molecule has 0 saturated heterocycles. The Morgan fingerprint density at radius 1 is 1.12 bits per heavy atom. The molecular weight excluding hydrogens is 320 g/mol. The molecule has 2 aromatic carbocycles. The fourth-order valence-electron chi connectivity index (χ4n) is 2.43. The van der Waals surface area contributed by atoms with Crippen molar-refractivity contribution in [3.63, 3.8) is 0 Å². The van der Waals surface area contributed by atoms with Gasteiger partial charge in [0, 0.05) is 10.5 Å². The van der Waals surface area contributed by atoms with Crippen LogP contribution in [0, 0.1) is 0 Å². The summed E-state index contributed by atoms with van der Waals surface area (Å²) in [4.78, 5) is 15.3. The van der Waals surface area contributed by atoms with Gasteiger partial charge in [-0.05, 0) is 30.0 Å². The zero-order valence-electron chi connectivity index (χ0n) is 13.3. The number of carbonyl (C=O) groups excluding carboxylic acids is 1. The molecule has 0 saturated carbocycles. The molecule has 0 unspecified atom stereocenters. The van der Waals surface area contributed by atoms with E-state index < -0.39 is 0 Å². The molecule has 1 heterocycles. The van der Waals surface area contributed by atoms with Crippen LogP contribution in [0.3, 0.4) is 0 Å². The summed E-state index contributed by atoms with van der Waals surface area (Å²) in [6.07, 6.45) is 5.25. The third-order valence-electron chi connectivity index (χ3n) is 3.65. The molecule has 0 fully saturated rings. The first-order valence-electron chi connectivity index (χ1n) is 7.60. The third-order valence-corrected chi connectivity index (χ3v) is 4.38. The Bertz CT molecular complexity index is 790. The predicted octanol–water partition coefficient (Wildman–Crippen LogP) is 3.17. The monoisotopic (exact) mass is 338 g/mol. The van der Waals surface area contributed by atoms with Gasteiger partial charge in [-0.3, -0.25) is 4.79 Å². The van der Waals surface area contributed by atoms with E-state index in [1.54, 1.807) is 29.0 Å². The number of rotatable bonds is 6. The maximum absolute atomic E-state index is 12.7. The van der Waals surface area contributed by atoms with E-state index in [0.29, 0.717) is 12.1 Å². The molecule has 5 nitrogen and oxygen atoms in total. The lowest BCUT2D eigenvalue weighted by Crippen LogP contribution is -2.32. The van der Waals surface area contributed by atoms with E-state index in [1.165, 1.54) is 0 Å². The Labute approximate surface area is 145 Å². The van der Waals surface area contributed by atoms with E-state index in [0.717, 1.165) is 10.5 Å². The van der Waals surface area contributed by atoms with E-state index in [2.05, 4.69) is 15.5 Å². The van der Waals surface area contributed by atoms with Gasteiger partial charge in [0.1, 0.15) is 0 Å². The van der Waals surface area contributed by atoms with Gasteiger partial charge in [0.05, 0.1) is 25.0 Å². The summed E-state index contributed by atoms with van der Waals surface area (Å²) < 4.78 is 0. The first-order chi connectivity index (χ1) is 11.8. The minimum absolute atomic E-state index is 0.105. The Balaban J connectivity index is 1.81. The SMILES string of the molecule is CSc1cccc(C(=O)N[C@H](Cn2nccn2)c2ccccc2)c1. The van der Waals surface area contributed by atoms with Crippen LogP contribution in [0.1, 0.15) is 22.0 Å². The van der Waals surface area contributed by atoms with Gasteiger partial charge in [-0.25, -0.2) is 0 Å². The highest BCUT2D eigenvalue weighted by molar-refractivity contribution is 7.98. The van der Waals surface area contributed by atoms with Gasteiger partial charge >= 0.3 is 0 Å². The van der Waals surface area contributed by atoms with Crippen molar-refractivity contribution in [3.8, 4) is 0 Å². The van der Waals surface area contributed by atoms with Crippen molar-refractivity contribution in [1.82, 2.24) is 20.3 Å². The Hall–Kier alpha value is -2.60. The molecule has 1 aromatic heterocycles. The van der Waals surface area contributed by atoms with Crippen LogP contribution in [0.5, 0.6) is 0 Å². The second-order valence-electron chi connectivity index (χ2n) is 5.25. The molecule has 122 valence electrons. The molecule has 1 N–H and O–H groups in total. The van der Waals surface area contributed by atoms with Gasteiger partial charge < -0.3 is 5.32 Å². The maximum atomic E-state index is 12.7. The van der Waals surface area contributed by atoms with Crippen molar-refractivity contribution >= 4 is 17.7 Å². The second kappa shape index (κ2) is 7.79. The highest BCUT2D eigenvalue weighted by atomic mass is 32.2. The Morgan fingerprint density at radius 2 is 1.88 bits per heavy atom. The molecule has 0 spiro atoms. The minimum Gasteiger partial charge on any atom is -0.343 e. The molecule has 0 aliphatic rings. The van der Waals surface area contributed by atoms with Gasteiger partial charge in [0.25, 0.3) is 5.91 Å². The number of nitrogens with zero attached hydrogens (tertiary/aromatic N) is 3. The summed E-state index contributed by atoms with van der Waals surface area (Å²) >= 11 is 1.62. The van der Waals surface area contributed by atoms with Crippen molar-refractivity contribution < 1.29 is 4.79 Å². The summed E-state index contributed by atoms with van der Waals surface area (Å²) in [5, 5.41) is 11.4. The number of benzene rings is 2. The van der Waals surface area contributed by atoms with Crippen LogP contribution in [0.4, 0.5) is 0 Å². The second-order valence-corrected chi connectivity index (χ2v) is 6.13. The van der Waals surface area contributed by atoms with Crippen LogP contribution >= 0.6 is 11.8 Å². The number of thioether (sulfide) groups is 1. The van der Waals surface area contributed by atoms with E-state index >= 15 is 0 Å². The van der Waals surface area contributed by atoms with Crippen molar-refractivity contribution in [1.29, 1.82) is 0 Å². The lowest BCUT2D eigenvalue weighted by molar-refractivity contribution is 0.0930. The third kappa shape index (κ3) is 4.02. The number of amides is 1. The molecule has 3 rings (SSSR count). The lowest BCUT2D eigenvalue weighted by atomic mass is 10.1. The molecule has 0 aliphatic carbocycles. The van der Waals surface area contributed by atoms with Gasteiger partial charge in [0.15, 0.2) is 0 Å². The van der Waals surface area contributed by atoms with Crippen LogP contribution in [-0.2, 0) is 6.54 Å². The van der Waals surface area contributed by atoms with E-state index in [4.69, 9.17) is 0 Å². The summed E-state index contributed by atoms with van der Waals surface area (Å²) in [5.41, 5.74) is 1.67. The van der Waals surface area contributed by atoms with Crippen LogP contribution in [-0.4, -0.2) is 27.2 Å². The van der Waals surface area contributed by atoms with E-state index in [-0.39, 0.29) is 11.9 Å². The quantitative estimate of drug-likeness (QED) is 0.701. The smallest absolute Gasteiger partial charge is 0.251 e. The molecule has 0 radical (unpaired) electrons. The summed E-state index contributed by atoms with van der Waals surface area (Å²) in [6.45, 7) is 0.477. The molecule has 24 heavy (non-hydrogen) atoms. The lowest BCUT2D eigenvalue weighted by Gasteiger charge is -2.19. The highest BCUT2D eigenvalue weighted by Crippen LogP contribution is 2.18. The van der Waals surface area contributed by atoms with Gasteiger partial charge in [-0.15, -0.1) is 11.8 Å². The van der Waals surface area contributed by atoms with Crippen molar-refractivity contribution in [2.75, 3.05) is 6.26 Å². The zero-order valence-corrected chi connectivity index (χ0v) is 14.1. The summed E-state index contributed by atoms with van der Waals surface area (Å²) in [5.74, 6) is -0.105. The largest absolute Gasteiger partial charge is 0.343 e. The first-order valence-corrected chi connectivity index (χ1v) is 8.82. The van der Waals surface area contributed by atoms with Crippen LogP contribution in [0.2, 0.25) is 0 Å². The molecular formula is C18H18N4OS. The van der Waals surface area contributed by atoms with Gasteiger partial charge in [-0.1, -0.05) is 36.4 Å². The molecule has 1 atom stereocenters. The van der Waals surface area contributed by atoms with E-state index in [9.17, 15) is 4.79 Å². The number of nitrogens with one attached hydrogen (secondary N) is 1. The van der Waals surface area contributed by atoms with E-state index in [1.807, 2.05) is 60.9 Å². The average Bonchev–Trinajstić information content (AvgIpc) is 3.15. The number of hydrogen-bond donors (Lipinski definition) is 1. The van der Waals surface area contributed by atoms with Crippen molar-refractivity contribution in [2.45, 2.75) is 17.5 Å². The minimum atomic E-state index is -0.205. The molecule has 0 aliphatic heterocycles. The van der Waals surface area contributed by atoms with Crippen LogP contribution in [0.25, 0.3) is 0 Å². The maximum Gasteiger partial charge on any atom is 0.251 e. The van der Waals surface area contributed by atoms with Crippen molar-refractivity contribution in [2.24, 2.45) is 0 Å². The predicted molar refractivity (Wildman–Crippen MR) is 94.9 cm³/mol. The average molecular weight is 338 g/mol. The number of aromatic nitrogens is 3. The molecule has 1 amide bonds. The normalized spacial score (nSPS) is 11.9. The fraction of sp³-hybridized carbons (Fsp3) is 0.167. The number of carbonyl (C=O) groups is 1. The van der Waals surface area contributed by atoms with Gasteiger partial charge in [-0.2, -0.15) is 15.0 Å². The standard InChI is InChI=1S/C18H18N4OS/c1-24-16-9-5-8-15(12-16)18(23)21-17(13-22-19-10-11-20-22)14-6-3-2-4-7-14/h2-12,17H,13H2,1H3,(H,21,23)/t17-/m1/s1. The number of hydrogen-bond acceptors (Lipinski definition) is 4. The highest BCUT2D eigenvalue weighted by Gasteiger charge is 2.17.